The number of hydrogen-bond donors (Lipinski definition) is 1. The second-order valence-corrected chi connectivity index (χ2v) is 17.0. The Morgan fingerprint density at radius 2 is 0.849 bits per heavy atom. The second kappa shape index (κ2) is 39.3. The lowest BCUT2D eigenvalue weighted by Gasteiger charge is -2.20. The zero-order valence-electron chi connectivity index (χ0n) is 35.2. The Morgan fingerprint density at radius 3 is 1.21 bits per heavy atom. The average Bonchev–Trinajstić information content (AvgIpc) is 3.12. The lowest BCUT2D eigenvalue weighted by molar-refractivity contribution is -0.161. The Bertz CT molecular complexity index is 858. The SMILES string of the molecule is CCCCCCCCCCCCCCCCCCCCCC(=O)OC(COC(=O)CCCCCCCCCCCCC)COP(=O)(O)OCCN(C)C. The van der Waals surface area contributed by atoms with Crippen LogP contribution in [0.25, 0.3) is 0 Å². The van der Waals surface area contributed by atoms with Crippen molar-refractivity contribution in [1.82, 2.24) is 4.90 Å². The lowest BCUT2D eigenvalue weighted by atomic mass is 10.0. The van der Waals surface area contributed by atoms with Gasteiger partial charge in [-0.15, -0.1) is 0 Å². The van der Waals surface area contributed by atoms with E-state index < -0.39 is 26.5 Å². The molecule has 53 heavy (non-hydrogen) atoms. The van der Waals surface area contributed by atoms with Crippen molar-refractivity contribution in [2.75, 3.05) is 40.5 Å². The molecule has 1 N–H and O–H groups in total. The molecule has 0 amide bonds. The number of carbonyl (C=O) groups excluding carboxylic acids is 2. The summed E-state index contributed by atoms with van der Waals surface area (Å²) in [6.45, 7) is 4.35. The number of carbonyl (C=O) groups is 2. The van der Waals surface area contributed by atoms with Gasteiger partial charge in [0.15, 0.2) is 6.10 Å². The maximum absolute atomic E-state index is 12.7. The summed E-state index contributed by atoms with van der Waals surface area (Å²) in [5.74, 6) is -0.788. The van der Waals surface area contributed by atoms with Crippen LogP contribution < -0.4 is 0 Å². The summed E-state index contributed by atoms with van der Waals surface area (Å²) < 4.78 is 33.5. The van der Waals surface area contributed by atoms with Gasteiger partial charge in [-0.2, -0.15) is 0 Å². The topological polar surface area (TPSA) is 112 Å². The van der Waals surface area contributed by atoms with Gasteiger partial charge in [0.05, 0.1) is 13.2 Å². The third kappa shape index (κ3) is 40.5. The molecule has 9 nitrogen and oxygen atoms in total. The fraction of sp³-hybridized carbons (Fsp3) is 0.953. The first-order chi connectivity index (χ1) is 25.7. The summed E-state index contributed by atoms with van der Waals surface area (Å²) >= 11 is 0. The van der Waals surface area contributed by atoms with Gasteiger partial charge in [0, 0.05) is 19.4 Å². The first-order valence-electron chi connectivity index (χ1n) is 22.3. The molecule has 0 heterocycles. The molecule has 0 spiro atoms. The number of nitrogens with zero attached hydrogens (tertiary/aromatic N) is 1. The second-order valence-electron chi connectivity index (χ2n) is 15.6. The van der Waals surface area contributed by atoms with Gasteiger partial charge in [-0.1, -0.05) is 194 Å². The van der Waals surface area contributed by atoms with Crippen LogP contribution in [0.5, 0.6) is 0 Å². The minimum atomic E-state index is -4.35. The largest absolute Gasteiger partial charge is 0.472 e. The van der Waals surface area contributed by atoms with Crippen molar-refractivity contribution in [2.45, 2.75) is 225 Å². The fourth-order valence-electron chi connectivity index (χ4n) is 6.45. The molecule has 0 aromatic heterocycles. The maximum Gasteiger partial charge on any atom is 0.472 e. The van der Waals surface area contributed by atoms with Crippen molar-refractivity contribution in [1.29, 1.82) is 0 Å². The van der Waals surface area contributed by atoms with Crippen molar-refractivity contribution >= 4 is 19.8 Å². The number of rotatable bonds is 42. The maximum atomic E-state index is 12.7. The van der Waals surface area contributed by atoms with Crippen molar-refractivity contribution < 1.29 is 37.6 Å². The molecule has 2 unspecified atom stereocenters. The Balaban J connectivity index is 4.18. The van der Waals surface area contributed by atoms with E-state index in [0.717, 1.165) is 38.5 Å². The third-order valence-corrected chi connectivity index (χ3v) is 10.9. The molecule has 0 saturated carbocycles. The summed E-state index contributed by atoms with van der Waals surface area (Å²) in [6, 6.07) is 0. The predicted molar refractivity (Wildman–Crippen MR) is 220 cm³/mol. The van der Waals surface area contributed by atoms with Crippen LogP contribution in [0.4, 0.5) is 0 Å². The number of unbranched alkanes of at least 4 members (excludes halogenated alkanes) is 28. The Labute approximate surface area is 327 Å². The van der Waals surface area contributed by atoms with Gasteiger partial charge in [0.25, 0.3) is 0 Å². The third-order valence-electron chi connectivity index (χ3n) is 9.91. The standard InChI is InChI=1S/C43H86NO8P/c1-5-7-9-11-13-15-17-18-19-20-21-22-23-24-26-28-30-32-34-36-43(46)52-41(40-51-53(47,48)50-38-37-44(3)4)39-49-42(45)35-33-31-29-27-25-16-14-12-10-8-6-2/h41H,5-40H2,1-4H3,(H,47,48). The molecule has 0 aromatic carbocycles. The Kier molecular flexibility index (Phi) is 38.5. The molecule has 0 fully saturated rings. The molecular weight excluding hydrogens is 689 g/mol. The molecule has 0 aliphatic heterocycles. The number of esters is 2. The summed E-state index contributed by atoms with van der Waals surface area (Å²) in [7, 11) is -0.696. The van der Waals surface area contributed by atoms with Gasteiger partial charge >= 0.3 is 19.8 Å². The van der Waals surface area contributed by atoms with E-state index in [2.05, 4.69) is 13.8 Å². The van der Waals surface area contributed by atoms with Crippen LogP contribution >= 0.6 is 7.82 Å². The van der Waals surface area contributed by atoms with Gasteiger partial charge in [-0.3, -0.25) is 18.6 Å². The van der Waals surface area contributed by atoms with Crippen LogP contribution in [0, 0.1) is 0 Å². The van der Waals surface area contributed by atoms with Gasteiger partial charge in [0.1, 0.15) is 6.61 Å². The normalized spacial score (nSPS) is 13.3. The summed E-state index contributed by atoms with van der Waals surface area (Å²) in [6.07, 6.45) is 37.2. The van der Waals surface area contributed by atoms with Crippen molar-refractivity contribution in [3.8, 4) is 0 Å². The van der Waals surface area contributed by atoms with E-state index >= 15 is 0 Å². The van der Waals surface area contributed by atoms with Crippen molar-refractivity contribution in [3.63, 3.8) is 0 Å². The van der Waals surface area contributed by atoms with E-state index in [1.54, 1.807) is 0 Å². The molecule has 0 aliphatic rings. The first-order valence-corrected chi connectivity index (χ1v) is 23.8. The van der Waals surface area contributed by atoms with E-state index in [9.17, 15) is 19.0 Å². The molecule has 316 valence electrons. The van der Waals surface area contributed by atoms with Gasteiger partial charge < -0.3 is 19.3 Å². The van der Waals surface area contributed by atoms with Crippen molar-refractivity contribution in [2.24, 2.45) is 0 Å². The van der Waals surface area contributed by atoms with E-state index in [4.69, 9.17) is 18.5 Å². The quantitative estimate of drug-likeness (QED) is 0.0368. The lowest BCUT2D eigenvalue weighted by Crippen LogP contribution is -2.29. The van der Waals surface area contributed by atoms with E-state index in [1.165, 1.54) is 154 Å². The molecule has 10 heteroatoms. The minimum Gasteiger partial charge on any atom is -0.462 e. The smallest absolute Gasteiger partial charge is 0.462 e. The molecule has 0 aliphatic carbocycles. The number of likely N-dealkylation sites (N-methyl/N-ethyl adjacent to an activating group) is 1. The van der Waals surface area contributed by atoms with Crippen molar-refractivity contribution in [3.05, 3.63) is 0 Å². The highest BCUT2D eigenvalue weighted by Crippen LogP contribution is 2.43. The monoisotopic (exact) mass is 776 g/mol. The van der Waals surface area contributed by atoms with Crippen LogP contribution in [0.2, 0.25) is 0 Å². The highest BCUT2D eigenvalue weighted by molar-refractivity contribution is 7.47. The van der Waals surface area contributed by atoms with Crippen LogP contribution in [-0.2, 0) is 32.7 Å². The van der Waals surface area contributed by atoms with Gasteiger partial charge in [-0.05, 0) is 26.9 Å². The molecule has 0 saturated heterocycles. The summed E-state index contributed by atoms with van der Waals surface area (Å²) in [5, 5.41) is 0. The molecule has 0 radical (unpaired) electrons. The fourth-order valence-corrected chi connectivity index (χ4v) is 7.20. The van der Waals surface area contributed by atoms with Crippen LogP contribution in [0.3, 0.4) is 0 Å². The Morgan fingerprint density at radius 1 is 0.509 bits per heavy atom. The Hall–Kier alpha value is -0.990. The number of hydrogen-bond acceptors (Lipinski definition) is 8. The van der Waals surface area contributed by atoms with E-state index in [0.29, 0.717) is 13.0 Å². The predicted octanol–water partition coefficient (Wildman–Crippen LogP) is 12.7. The zero-order valence-corrected chi connectivity index (χ0v) is 36.1. The highest BCUT2D eigenvalue weighted by Gasteiger charge is 2.26. The van der Waals surface area contributed by atoms with Gasteiger partial charge in [0.2, 0.25) is 0 Å². The first kappa shape index (κ1) is 52.0. The summed E-state index contributed by atoms with van der Waals surface area (Å²) in [4.78, 5) is 37.0. The molecule has 2 atom stereocenters. The van der Waals surface area contributed by atoms with Crippen LogP contribution in [-0.4, -0.2) is 68.3 Å². The van der Waals surface area contributed by atoms with Crippen LogP contribution in [0.1, 0.15) is 219 Å². The van der Waals surface area contributed by atoms with Crippen LogP contribution in [0.15, 0.2) is 0 Å². The minimum absolute atomic E-state index is 0.0125. The summed E-state index contributed by atoms with van der Waals surface area (Å²) in [5.41, 5.74) is 0. The van der Waals surface area contributed by atoms with Gasteiger partial charge in [-0.25, -0.2) is 4.57 Å². The molecule has 0 aromatic rings. The molecular formula is C43H86NO8P. The van der Waals surface area contributed by atoms with E-state index in [1.807, 2.05) is 19.0 Å². The highest BCUT2D eigenvalue weighted by atomic mass is 31.2. The number of phosphoric ester groups is 1. The van der Waals surface area contributed by atoms with E-state index in [-0.39, 0.29) is 25.6 Å². The average molecular weight is 776 g/mol. The number of ether oxygens (including phenoxy) is 2. The molecule has 0 bridgehead atoms. The number of phosphoric acid groups is 1. The zero-order chi connectivity index (χ0) is 39.1. The molecule has 0 rings (SSSR count).